The molecule has 0 aliphatic carbocycles. The van der Waals surface area contributed by atoms with E-state index in [0.29, 0.717) is 6.54 Å². The highest BCUT2D eigenvalue weighted by atomic mass is 28.3. The Bertz CT molecular complexity index is 85.1. The molecule has 74 valence electrons. The number of nitrogens with two attached hydrogens (primary N) is 1. The highest BCUT2D eigenvalue weighted by Gasteiger charge is 1.99. The number of hydrogen-bond acceptors (Lipinski definition) is 3. The van der Waals surface area contributed by atoms with Gasteiger partial charge in [0.05, 0.1) is 0 Å². The second-order valence-electron chi connectivity index (χ2n) is 2.00. The normalized spacial score (nSPS) is 9.08. The summed E-state index contributed by atoms with van der Waals surface area (Å²) in [6.07, 6.45) is 1.65. The molecule has 0 radical (unpaired) electrons. The molecule has 0 fully saturated rings. The highest BCUT2D eigenvalue weighted by molar-refractivity contribution is 6.42. The molecule has 0 atom stereocenters. The van der Waals surface area contributed by atoms with Crippen LogP contribution in [0.3, 0.4) is 0 Å². The Labute approximate surface area is 77.4 Å². The van der Waals surface area contributed by atoms with Gasteiger partial charge in [0.1, 0.15) is 0 Å². The molecule has 0 spiro atoms. The molecule has 0 aromatic heterocycles. The van der Waals surface area contributed by atoms with Gasteiger partial charge in [-0.2, -0.15) is 0 Å². The zero-order chi connectivity index (χ0) is 9.82. The Morgan fingerprint density at radius 3 is 1.83 bits per heavy atom. The van der Waals surface area contributed by atoms with Crippen molar-refractivity contribution in [3.05, 3.63) is 12.7 Å². The van der Waals surface area contributed by atoms with Crippen LogP contribution in [0.1, 0.15) is 13.8 Å². The van der Waals surface area contributed by atoms with Crippen LogP contribution in [0.15, 0.2) is 12.7 Å². The molecule has 3 nitrogen and oxygen atoms in total. The minimum absolute atomic E-state index is 0.583. The molecular formula is C8H21NO2Si. The van der Waals surface area contributed by atoms with Gasteiger partial charge >= 0.3 is 9.28 Å². The van der Waals surface area contributed by atoms with Crippen molar-refractivity contribution >= 4 is 9.28 Å². The van der Waals surface area contributed by atoms with Crippen LogP contribution in [0, 0.1) is 0 Å². The van der Waals surface area contributed by atoms with E-state index in [1.54, 1.807) is 6.08 Å². The SMILES string of the molecule is C=CCN.CCO[SiH](C)OCC. The van der Waals surface area contributed by atoms with E-state index in [1.807, 2.05) is 20.4 Å². The molecule has 12 heavy (non-hydrogen) atoms. The van der Waals surface area contributed by atoms with E-state index in [9.17, 15) is 0 Å². The average Bonchev–Trinajstić information content (AvgIpc) is 2.06. The smallest absolute Gasteiger partial charge is 0.318 e. The molecular weight excluding hydrogens is 170 g/mol. The van der Waals surface area contributed by atoms with E-state index in [1.165, 1.54) is 0 Å². The van der Waals surface area contributed by atoms with Gasteiger partial charge in [-0.3, -0.25) is 0 Å². The maximum absolute atomic E-state index is 5.20. The first kappa shape index (κ1) is 14.4. The van der Waals surface area contributed by atoms with Gasteiger partial charge < -0.3 is 14.6 Å². The van der Waals surface area contributed by atoms with Crippen molar-refractivity contribution in [2.24, 2.45) is 5.73 Å². The third-order valence-corrected chi connectivity index (χ3v) is 2.57. The molecule has 0 aromatic carbocycles. The van der Waals surface area contributed by atoms with Crippen LogP contribution in [-0.2, 0) is 8.85 Å². The molecule has 0 saturated heterocycles. The van der Waals surface area contributed by atoms with Gasteiger partial charge in [-0.25, -0.2) is 0 Å². The van der Waals surface area contributed by atoms with Crippen LogP contribution >= 0.6 is 0 Å². The summed E-state index contributed by atoms with van der Waals surface area (Å²) in [4.78, 5) is 0. The fourth-order valence-electron chi connectivity index (χ4n) is 0.518. The molecule has 0 bridgehead atoms. The Kier molecular flexibility index (Phi) is 16.1. The van der Waals surface area contributed by atoms with Crippen LogP contribution in [-0.4, -0.2) is 29.0 Å². The van der Waals surface area contributed by atoms with Crippen molar-refractivity contribution in [1.29, 1.82) is 0 Å². The average molecular weight is 191 g/mol. The van der Waals surface area contributed by atoms with E-state index in [2.05, 4.69) is 6.58 Å². The second kappa shape index (κ2) is 13.4. The summed E-state index contributed by atoms with van der Waals surface area (Å²) in [5, 5.41) is 0. The Balaban J connectivity index is 0. The van der Waals surface area contributed by atoms with Crippen molar-refractivity contribution in [3.63, 3.8) is 0 Å². The lowest BCUT2D eigenvalue weighted by molar-refractivity contribution is 0.219. The zero-order valence-corrected chi connectivity index (χ0v) is 9.53. The first-order chi connectivity index (χ1) is 5.72. The molecule has 0 heterocycles. The third kappa shape index (κ3) is 16.4. The quantitative estimate of drug-likeness (QED) is 0.522. The summed E-state index contributed by atoms with van der Waals surface area (Å²) in [5.74, 6) is 0. The minimum Gasteiger partial charge on any atom is -0.397 e. The second-order valence-corrected chi connectivity index (χ2v) is 3.80. The van der Waals surface area contributed by atoms with Gasteiger partial charge in [-0.15, -0.1) is 6.58 Å². The Hall–Kier alpha value is -0.163. The largest absolute Gasteiger partial charge is 0.397 e. The maximum atomic E-state index is 5.20. The van der Waals surface area contributed by atoms with E-state index >= 15 is 0 Å². The predicted molar refractivity (Wildman–Crippen MR) is 55.5 cm³/mol. The highest BCUT2D eigenvalue weighted by Crippen LogP contribution is 1.85. The van der Waals surface area contributed by atoms with Gasteiger partial charge in [-0.1, -0.05) is 6.08 Å². The third-order valence-electron chi connectivity index (χ3n) is 0.969. The van der Waals surface area contributed by atoms with E-state index in [4.69, 9.17) is 14.6 Å². The summed E-state index contributed by atoms with van der Waals surface area (Å²) >= 11 is 0. The molecule has 0 unspecified atom stereocenters. The lowest BCUT2D eigenvalue weighted by atomic mass is 10.7. The lowest BCUT2D eigenvalue weighted by Gasteiger charge is -2.07. The number of rotatable bonds is 5. The van der Waals surface area contributed by atoms with Crippen molar-refractivity contribution < 1.29 is 8.85 Å². The first-order valence-corrected chi connectivity index (χ1v) is 6.36. The summed E-state index contributed by atoms with van der Waals surface area (Å²) in [6, 6.07) is 0. The Morgan fingerprint density at radius 2 is 1.67 bits per heavy atom. The zero-order valence-electron chi connectivity index (χ0n) is 8.38. The first-order valence-electron chi connectivity index (χ1n) is 4.27. The van der Waals surface area contributed by atoms with Gasteiger partial charge in [0, 0.05) is 19.8 Å². The molecule has 0 amide bonds. The summed E-state index contributed by atoms with van der Waals surface area (Å²) in [6.45, 7) is 11.5. The van der Waals surface area contributed by atoms with Crippen molar-refractivity contribution in [1.82, 2.24) is 0 Å². The monoisotopic (exact) mass is 191 g/mol. The van der Waals surface area contributed by atoms with Gasteiger partial charge in [0.2, 0.25) is 0 Å². The van der Waals surface area contributed by atoms with Crippen LogP contribution < -0.4 is 5.73 Å². The number of hydrogen-bond donors (Lipinski definition) is 1. The van der Waals surface area contributed by atoms with Gasteiger partial charge in [-0.05, 0) is 20.4 Å². The molecule has 0 aromatic rings. The van der Waals surface area contributed by atoms with E-state index < -0.39 is 9.28 Å². The fraction of sp³-hybridized carbons (Fsp3) is 0.750. The van der Waals surface area contributed by atoms with Crippen LogP contribution in [0.2, 0.25) is 6.55 Å². The predicted octanol–water partition coefficient (Wildman–Crippen LogP) is 1.04. The van der Waals surface area contributed by atoms with Crippen molar-refractivity contribution in [3.8, 4) is 0 Å². The summed E-state index contributed by atoms with van der Waals surface area (Å²) in [5.41, 5.74) is 4.91. The van der Waals surface area contributed by atoms with Crippen LogP contribution in [0.4, 0.5) is 0 Å². The standard InChI is InChI=1S/C5H14O2Si.C3H7N/c1-4-6-8(3)7-5-2;1-2-3-4/h8H,4-5H2,1-3H3;2H,1,3-4H2. The molecule has 2 N–H and O–H groups in total. The van der Waals surface area contributed by atoms with Crippen LogP contribution in [0.5, 0.6) is 0 Å². The van der Waals surface area contributed by atoms with Crippen molar-refractivity contribution in [2.75, 3.05) is 19.8 Å². The fourth-order valence-corrected chi connectivity index (χ4v) is 1.55. The molecule has 0 aliphatic heterocycles. The lowest BCUT2D eigenvalue weighted by Crippen LogP contribution is -2.17. The molecule has 0 aliphatic rings. The Morgan fingerprint density at radius 1 is 1.33 bits per heavy atom. The van der Waals surface area contributed by atoms with Crippen LogP contribution in [0.25, 0.3) is 0 Å². The summed E-state index contributed by atoms with van der Waals surface area (Å²) in [7, 11) is -1.20. The topological polar surface area (TPSA) is 44.5 Å². The molecule has 0 rings (SSSR count). The van der Waals surface area contributed by atoms with Crippen molar-refractivity contribution in [2.45, 2.75) is 20.4 Å². The molecule has 4 heteroatoms. The van der Waals surface area contributed by atoms with E-state index in [-0.39, 0.29) is 0 Å². The van der Waals surface area contributed by atoms with Gasteiger partial charge in [0.25, 0.3) is 0 Å². The maximum Gasteiger partial charge on any atom is 0.318 e. The van der Waals surface area contributed by atoms with E-state index in [0.717, 1.165) is 13.2 Å². The summed E-state index contributed by atoms with van der Waals surface area (Å²) < 4.78 is 10.4. The van der Waals surface area contributed by atoms with Gasteiger partial charge in [0.15, 0.2) is 0 Å². The minimum atomic E-state index is -1.20. The molecule has 0 saturated carbocycles.